The number of carbonyl (C=O) groups is 1. The number of benzene rings is 2. The van der Waals surface area contributed by atoms with Gasteiger partial charge in [0.25, 0.3) is 5.91 Å². The normalized spacial score (nSPS) is 13.7. The highest BCUT2D eigenvalue weighted by atomic mass is 35.5. The van der Waals surface area contributed by atoms with E-state index in [1.165, 1.54) is 0 Å². The minimum absolute atomic E-state index is 0.224. The quantitative estimate of drug-likeness (QED) is 0.832. The molecule has 2 N–H and O–H groups in total. The average molecular weight is 302 g/mol. The maximum atomic E-state index is 12.1. The topological polar surface area (TPSA) is 58.6 Å². The lowest BCUT2D eigenvalue weighted by molar-refractivity contribution is 0.102. The first-order valence-corrected chi connectivity index (χ1v) is 7.01. The molecule has 106 valence electrons. The summed E-state index contributed by atoms with van der Waals surface area (Å²) >= 11 is 5.80. The standard InChI is InChI=1S/C15H13BClNO3/c17-12-4-1-11(2-5-12)15(19)18-13-6-3-10-7-8-21-16(20)14(10)9-13/h1-6,9,20H,7-8H2,(H,18,19). The van der Waals surface area contributed by atoms with Crippen molar-refractivity contribution in [3.05, 3.63) is 58.6 Å². The third-order valence-corrected chi connectivity index (χ3v) is 3.68. The third-order valence-electron chi connectivity index (χ3n) is 3.42. The van der Waals surface area contributed by atoms with Crippen LogP contribution in [0.3, 0.4) is 0 Å². The van der Waals surface area contributed by atoms with E-state index in [0.29, 0.717) is 28.3 Å². The van der Waals surface area contributed by atoms with Crippen molar-refractivity contribution >= 4 is 35.8 Å². The molecule has 1 amide bonds. The molecule has 2 aromatic carbocycles. The van der Waals surface area contributed by atoms with E-state index < -0.39 is 7.12 Å². The van der Waals surface area contributed by atoms with Crippen molar-refractivity contribution in [2.45, 2.75) is 6.42 Å². The van der Waals surface area contributed by atoms with Crippen LogP contribution in [0.4, 0.5) is 5.69 Å². The predicted octanol–water partition coefficient (Wildman–Crippen LogP) is 1.85. The van der Waals surface area contributed by atoms with Gasteiger partial charge in [-0.1, -0.05) is 17.7 Å². The summed E-state index contributed by atoms with van der Waals surface area (Å²) in [5.74, 6) is -0.224. The van der Waals surface area contributed by atoms with Crippen LogP contribution in [0.5, 0.6) is 0 Å². The van der Waals surface area contributed by atoms with Gasteiger partial charge in [-0.2, -0.15) is 0 Å². The van der Waals surface area contributed by atoms with E-state index in [-0.39, 0.29) is 5.91 Å². The highest BCUT2D eigenvalue weighted by molar-refractivity contribution is 6.61. The second-order valence-corrected chi connectivity index (χ2v) is 5.28. The Labute approximate surface area is 127 Å². The van der Waals surface area contributed by atoms with Crippen LogP contribution in [0.25, 0.3) is 0 Å². The summed E-state index contributed by atoms with van der Waals surface area (Å²) in [5.41, 5.74) is 2.89. The van der Waals surface area contributed by atoms with E-state index in [2.05, 4.69) is 5.32 Å². The van der Waals surface area contributed by atoms with Crippen LogP contribution in [0, 0.1) is 0 Å². The zero-order chi connectivity index (χ0) is 14.8. The van der Waals surface area contributed by atoms with Crippen LogP contribution >= 0.6 is 11.6 Å². The molecule has 1 aliphatic heterocycles. The van der Waals surface area contributed by atoms with Gasteiger partial charge in [0.2, 0.25) is 0 Å². The number of rotatable bonds is 2. The summed E-state index contributed by atoms with van der Waals surface area (Å²) in [5, 5.41) is 13.2. The average Bonchev–Trinajstić information content (AvgIpc) is 2.49. The Kier molecular flexibility index (Phi) is 3.97. The first-order valence-electron chi connectivity index (χ1n) is 6.63. The molecule has 0 spiro atoms. The van der Waals surface area contributed by atoms with Gasteiger partial charge in [0.05, 0.1) is 0 Å². The number of hydrogen-bond acceptors (Lipinski definition) is 3. The van der Waals surface area contributed by atoms with E-state index in [4.69, 9.17) is 16.3 Å². The summed E-state index contributed by atoms with van der Waals surface area (Å²) in [6.07, 6.45) is 0.762. The third kappa shape index (κ3) is 3.10. The fraction of sp³-hybridized carbons (Fsp3) is 0.133. The molecule has 3 rings (SSSR count). The Bertz CT molecular complexity index is 675. The Morgan fingerprint density at radius 2 is 2.00 bits per heavy atom. The van der Waals surface area contributed by atoms with E-state index in [1.54, 1.807) is 30.3 Å². The highest BCUT2D eigenvalue weighted by Crippen LogP contribution is 2.15. The molecule has 0 unspecified atom stereocenters. The Balaban J connectivity index is 1.80. The number of nitrogens with one attached hydrogen (secondary N) is 1. The molecule has 4 nitrogen and oxygen atoms in total. The summed E-state index contributed by atoms with van der Waals surface area (Å²) in [6, 6.07) is 12.1. The molecule has 1 aliphatic rings. The van der Waals surface area contributed by atoms with Gasteiger partial charge in [-0.05, 0) is 53.8 Å². The molecule has 0 bridgehead atoms. The molecule has 6 heteroatoms. The van der Waals surface area contributed by atoms with E-state index in [9.17, 15) is 9.82 Å². The van der Waals surface area contributed by atoms with Crippen LogP contribution in [0.15, 0.2) is 42.5 Å². The molecule has 0 aromatic heterocycles. The van der Waals surface area contributed by atoms with Gasteiger partial charge >= 0.3 is 7.12 Å². The molecule has 0 fully saturated rings. The summed E-state index contributed by atoms with van der Waals surface area (Å²) in [6.45, 7) is 0.505. The van der Waals surface area contributed by atoms with Crippen molar-refractivity contribution in [1.82, 2.24) is 0 Å². The van der Waals surface area contributed by atoms with Crippen molar-refractivity contribution < 1.29 is 14.5 Å². The van der Waals surface area contributed by atoms with E-state index in [1.807, 2.05) is 12.1 Å². The van der Waals surface area contributed by atoms with Gasteiger partial charge in [0.15, 0.2) is 0 Å². The molecule has 0 saturated carbocycles. The van der Waals surface area contributed by atoms with Crippen molar-refractivity contribution in [3.63, 3.8) is 0 Å². The predicted molar refractivity (Wildman–Crippen MR) is 83.1 cm³/mol. The van der Waals surface area contributed by atoms with Gasteiger partial charge in [0.1, 0.15) is 0 Å². The zero-order valence-corrected chi connectivity index (χ0v) is 11.9. The monoisotopic (exact) mass is 301 g/mol. The molecule has 2 aromatic rings. The number of fused-ring (bicyclic) bond motifs is 1. The van der Waals surface area contributed by atoms with Crippen molar-refractivity contribution in [1.29, 1.82) is 0 Å². The van der Waals surface area contributed by atoms with Crippen molar-refractivity contribution in [2.75, 3.05) is 11.9 Å². The fourth-order valence-electron chi connectivity index (χ4n) is 2.31. The molecule has 0 radical (unpaired) electrons. The van der Waals surface area contributed by atoms with Crippen LogP contribution < -0.4 is 10.8 Å². The van der Waals surface area contributed by atoms with E-state index >= 15 is 0 Å². The van der Waals surface area contributed by atoms with Gasteiger partial charge < -0.3 is 15.0 Å². The summed E-state index contributed by atoms with van der Waals surface area (Å²) in [7, 11) is -0.930. The molecule has 1 heterocycles. The molecular formula is C15H13BClNO3. The first-order chi connectivity index (χ1) is 10.1. The molecule has 0 saturated heterocycles. The van der Waals surface area contributed by atoms with Crippen LogP contribution in [0.2, 0.25) is 5.02 Å². The summed E-state index contributed by atoms with van der Waals surface area (Å²) < 4.78 is 5.19. The number of carbonyl (C=O) groups excluding carboxylic acids is 1. The van der Waals surface area contributed by atoms with Gasteiger partial charge in [0, 0.05) is 22.9 Å². The lowest BCUT2D eigenvalue weighted by Gasteiger charge is -2.19. The Morgan fingerprint density at radius 1 is 1.24 bits per heavy atom. The van der Waals surface area contributed by atoms with Gasteiger partial charge in [-0.3, -0.25) is 4.79 Å². The van der Waals surface area contributed by atoms with Gasteiger partial charge in [-0.15, -0.1) is 0 Å². The maximum absolute atomic E-state index is 12.1. The molecular weight excluding hydrogens is 288 g/mol. The second kappa shape index (κ2) is 5.89. The van der Waals surface area contributed by atoms with Gasteiger partial charge in [-0.25, -0.2) is 0 Å². The smallest absolute Gasteiger partial charge is 0.423 e. The number of amides is 1. The SMILES string of the molecule is O=C(Nc1ccc2c(c1)B(O)OCC2)c1ccc(Cl)cc1. The number of anilines is 1. The second-order valence-electron chi connectivity index (χ2n) is 4.85. The Morgan fingerprint density at radius 3 is 2.76 bits per heavy atom. The first kappa shape index (κ1) is 14.1. The zero-order valence-electron chi connectivity index (χ0n) is 11.2. The largest absolute Gasteiger partial charge is 0.491 e. The highest BCUT2D eigenvalue weighted by Gasteiger charge is 2.25. The number of hydrogen-bond donors (Lipinski definition) is 2. The van der Waals surface area contributed by atoms with E-state index in [0.717, 1.165) is 12.0 Å². The fourth-order valence-corrected chi connectivity index (χ4v) is 2.43. The molecule has 21 heavy (non-hydrogen) atoms. The molecule has 0 atom stereocenters. The molecule has 0 aliphatic carbocycles. The van der Waals surface area contributed by atoms with Crippen LogP contribution in [-0.4, -0.2) is 24.7 Å². The van der Waals surface area contributed by atoms with Crippen molar-refractivity contribution in [3.8, 4) is 0 Å². The lowest BCUT2D eigenvalue weighted by Crippen LogP contribution is -2.41. The maximum Gasteiger partial charge on any atom is 0.491 e. The minimum Gasteiger partial charge on any atom is -0.423 e. The summed E-state index contributed by atoms with van der Waals surface area (Å²) in [4.78, 5) is 12.1. The van der Waals surface area contributed by atoms with Crippen LogP contribution in [0.1, 0.15) is 15.9 Å². The lowest BCUT2D eigenvalue weighted by atomic mass is 9.73. The number of halogens is 1. The minimum atomic E-state index is -0.930. The van der Waals surface area contributed by atoms with Crippen molar-refractivity contribution in [2.24, 2.45) is 0 Å². The van der Waals surface area contributed by atoms with Crippen LogP contribution in [-0.2, 0) is 11.1 Å². The Hall–Kier alpha value is -1.82.